The van der Waals surface area contributed by atoms with E-state index in [9.17, 15) is 23.4 Å². The summed E-state index contributed by atoms with van der Waals surface area (Å²) in [7, 11) is -4.11. The summed E-state index contributed by atoms with van der Waals surface area (Å²) >= 11 is 0. The molecular formula is C28H35N3O6S. The van der Waals surface area contributed by atoms with Gasteiger partial charge in [-0.3, -0.25) is 5.32 Å². The predicted octanol–water partition coefficient (Wildman–Crippen LogP) is 3.72. The Labute approximate surface area is 223 Å². The van der Waals surface area contributed by atoms with E-state index in [1.165, 1.54) is 16.4 Å². The summed E-state index contributed by atoms with van der Waals surface area (Å²) in [4.78, 5) is 12.1. The molecule has 5 N–H and O–H groups in total. The van der Waals surface area contributed by atoms with E-state index in [1.807, 2.05) is 62.4 Å². The first-order valence-corrected chi connectivity index (χ1v) is 13.8. The smallest absolute Gasteiger partial charge is 0.412 e. The van der Waals surface area contributed by atoms with Crippen molar-refractivity contribution in [1.82, 2.24) is 4.31 Å². The number of carbonyl (C=O) groups is 1. The van der Waals surface area contributed by atoms with E-state index in [4.69, 9.17) is 10.5 Å². The van der Waals surface area contributed by atoms with Crippen molar-refractivity contribution >= 4 is 21.8 Å². The van der Waals surface area contributed by atoms with Crippen LogP contribution in [0.4, 0.5) is 10.5 Å². The molecule has 3 aromatic rings. The molecule has 204 valence electrons. The normalized spacial score (nSPS) is 13.3. The Hall–Kier alpha value is -3.44. The summed E-state index contributed by atoms with van der Waals surface area (Å²) in [6.45, 7) is 3.67. The molecule has 38 heavy (non-hydrogen) atoms. The molecule has 3 aromatic carbocycles. The van der Waals surface area contributed by atoms with Gasteiger partial charge >= 0.3 is 6.09 Å². The van der Waals surface area contributed by atoms with Gasteiger partial charge in [0.15, 0.2) is 0 Å². The van der Waals surface area contributed by atoms with E-state index in [2.05, 4.69) is 5.32 Å². The highest BCUT2D eigenvalue weighted by molar-refractivity contribution is 7.89. The Morgan fingerprint density at radius 1 is 0.974 bits per heavy atom. The van der Waals surface area contributed by atoms with Crippen LogP contribution in [0.25, 0.3) is 0 Å². The fraction of sp³-hybridized carbons (Fsp3) is 0.321. The summed E-state index contributed by atoms with van der Waals surface area (Å²) in [6, 6.07) is 21.4. The summed E-state index contributed by atoms with van der Waals surface area (Å²) in [5.41, 5.74) is 7.81. The van der Waals surface area contributed by atoms with Crippen LogP contribution in [0.15, 0.2) is 83.8 Å². The highest BCUT2D eigenvalue weighted by Crippen LogP contribution is 2.29. The van der Waals surface area contributed by atoms with Gasteiger partial charge in [-0.1, -0.05) is 74.5 Å². The maximum absolute atomic E-state index is 13.6. The molecule has 1 amide bonds. The predicted molar refractivity (Wildman–Crippen MR) is 146 cm³/mol. The highest BCUT2D eigenvalue weighted by Gasteiger charge is 2.30. The molecule has 3 rings (SSSR count). The van der Waals surface area contributed by atoms with Crippen LogP contribution in [-0.4, -0.2) is 54.3 Å². The van der Waals surface area contributed by atoms with Gasteiger partial charge in [-0.15, -0.1) is 0 Å². The molecule has 0 saturated heterocycles. The van der Waals surface area contributed by atoms with Gasteiger partial charge in [-0.2, -0.15) is 4.31 Å². The molecule has 9 nitrogen and oxygen atoms in total. The minimum atomic E-state index is -4.11. The van der Waals surface area contributed by atoms with Crippen molar-refractivity contribution in [3.63, 3.8) is 0 Å². The van der Waals surface area contributed by atoms with Gasteiger partial charge in [0.1, 0.15) is 12.4 Å². The molecule has 0 saturated carbocycles. The lowest BCUT2D eigenvalue weighted by Gasteiger charge is -2.29. The van der Waals surface area contributed by atoms with Crippen LogP contribution < -0.4 is 11.1 Å². The number of aliphatic hydroxyl groups excluding tert-OH is 1. The molecule has 0 unspecified atom stereocenters. The number of anilines is 1. The number of nitrogens with one attached hydrogen (secondary N) is 1. The number of hydrogen-bond donors (Lipinski definition) is 4. The maximum atomic E-state index is 13.6. The molecule has 10 heteroatoms. The van der Waals surface area contributed by atoms with Crippen molar-refractivity contribution < 1.29 is 28.2 Å². The van der Waals surface area contributed by atoms with Crippen molar-refractivity contribution in [3.8, 4) is 5.75 Å². The lowest BCUT2D eigenvalue weighted by atomic mass is 10.0. The standard InChI is InChI=1S/C28H35N3O6S/c1-20(2)17-31(18-27(33)24(29)15-21-9-5-3-6-10-21)38(35,36)23-13-14-26(32)25(16-23)30-28(34)37-19-22-11-7-4-8-12-22/h3-14,16,20,24,27,32-33H,15,17-19,29H2,1-2H3,(H,30,34)/t24-,27-/m0/s1. The topological polar surface area (TPSA) is 142 Å². The Balaban J connectivity index is 1.74. The lowest BCUT2D eigenvalue weighted by Crippen LogP contribution is -2.47. The Morgan fingerprint density at radius 3 is 2.18 bits per heavy atom. The SMILES string of the molecule is CC(C)CN(C[C@H](O)[C@@H](N)Cc1ccccc1)S(=O)(=O)c1ccc(O)c(NC(=O)OCc2ccccc2)c1. The number of carbonyl (C=O) groups excluding carboxylic acids is 1. The van der Waals surface area contributed by atoms with Gasteiger partial charge in [-0.25, -0.2) is 13.2 Å². The summed E-state index contributed by atoms with van der Waals surface area (Å²) in [5.74, 6) is -0.356. The van der Waals surface area contributed by atoms with Crippen LogP contribution >= 0.6 is 0 Å². The molecule has 0 aliphatic heterocycles. The summed E-state index contributed by atoms with van der Waals surface area (Å²) in [5, 5.41) is 23.4. The number of aromatic hydroxyl groups is 1. The number of hydrogen-bond acceptors (Lipinski definition) is 7. The zero-order chi connectivity index (χ0) is 27.7. The van der Waals surface area contributed by atoms with Gasteiger partial charge < -0.3 is 20.7 Å². The first-order valence-electron chi connectivity index (χ1n) is 12.3. The third kappa shape index (κ3) is 8.29. The van der Waals surface area contributed by atoms with Crippen molar-refractivity contribution in [2.45, 2.75) is 43.9 Å². The molecular weight excluding hydrogens is 506 g/mol. The van der Waals surface area contributed by atoms with E-state index in [-0.39, 0.29) is 41.9 Å². The van der Waals surface area contributed by atoms with Crippen LogP contribution in [0.1, 0.15) is 25.0 Å². The van der Waals surface area contributed by atoms with Crippen molar-refractivity contribution in [2.75, 3.05) is 18.4 Å². The highest BCUT2D eigenvalue weighted by atomic mass is 32.2. The van der Waals surface area contributed by atoms with Gasteiger partial charge in [0.05, 0.1) is 16.7 Å². The quantitative estimate of drug-likeness (QED) is 0.256. The second-order valence-electron chi connectivity index (χ2n) is 9.50. The van der Waals surface area contributed by atoms with Crippen molar-refractivity contribution in [3.05, 3.63) is 90.0 Å². The van der Waals surface area contributed by atoms with Crippen LogP contribution in [-0.2, 0) is 27.8 Å². The van der Waals surface area contributed by atoms with Gasteiger partial charge in [-0.05, 0) is 41.7 Å². The van der Waals surface area contributed by atoms with Crippen LogP contribution in [0, 0.1) is 5.92 Å². The van der Waals surface area contributed by atoms with Crippen LogP contribution in [0.3, 0.4) is 0 Å². The number of aliphatic hydroxyl groups is 1. The molecule has 0 fully saturated rings. The Kier molecular flexibility index (Phi) is 10.3. The number of sulfonamides is 1. The maximum Gasteiger partial charge on any atom is 0.412 e. The number of rotatable bonds is 12. The van der Waals surface area contributed by atoms with Crippen LogP contribution in [0.5, 0.6) is 5.75 Å². The van der Waals surface area contributed by atoms with Gasteiger partial charge in [0.2, 0.25) is 10.0 Å². The zero-order valence-corrected chi connectivity index (χ0v) is 22.3. The first kappa shape index (κ1) is 29.1. The molecule has 0 radical (unpaired) electrons. The number of nitrogens with zero attached hydrogens (tertiary/aromatic N) is 1. The van der Waals surface area contributed by atoms with Crippen LogP contribution in [0.2, 0.25) is 0 Å². The third-order valence-electron chi connectivity index (χ3n) is 5.82. The van der Waals surface area contributed by atoms with E-state index >= 15 is 0 Å². The average molecular weight is 542 g/mol. The monoisotopic (exact) mass is 541 g/mol. The first-order chi connectivity index (χ1) is 18.1. The Bertz CT molecular complexity index is 1290. The van der Waals surface area contributed by atoms with E-state index in [0.29, 0.717) is 6.42 Å². The number of ether oxygens (including phenoxy) is 1. The minimum Gasteiger partial charge on any atom is -0.506 e. The number of benzene rings is 3. The summed E-state index contributed by atoms with van der Waals surface area (Å²) < 4.78 is 33.5. The number of phenols is 1. The lowest BCUT2D eigenvalue weighted by molar-refractivity contribution is 0.116. The number of amides is 1. The zero-order valence-electron chi connectivity index (χ0n) is 21.5. The second kappa shape index (κ2) is 13.4. The molecule has 0 heterocycles. The van der Waals surface area contributed by atoms with Gasteiger partial charge in [0, 0.05) is 19.1 Å². The molecule has 0 aromatic heterocycles. The third-order valence-corrected chi connectivity index (χ3v) is 7.65. The molecule has 0 aliphatic rings. The van der Waals surface area contributed by atoms with Gasteiger partial charge in [0.25, 0.3) is 0 Å². The Morgan fingerprint density at radius 2 is 1.58 bits per heavy atom. The fourth-order valence-electron chi connectivity index (χ4n) is 3.84. The second-order valence-corrected chi connectivity index (χ2v) is 11.4. The number of phenolic OH excluding ortho intramolecular Hbond substituents is 1. The molecule has 2 atom stereocenters. The molecule has 0 aliphatic carbocycles. The number of nitrogens with two attached hydrogens (primary N) is 1. The largest absolute Gasteiger partial charge is 0.506 e. The fourth-order valence-corrected chi connectivity index (χ4v) is 5.49. The van der Waals surface area contributed by atoms with Crippen molar-refractivity contribution in [2.24, 2.45) is 11.7 Å². The molecule has 0 bridgehead atoms. The van der Waals surface area contributed by atoms with E-state index in [0.717, 1.165) is 17.2 Å². The average Bonchev–Trinajstić information content (AvgIpc) is 2.89. The van der Waals surface area contributed by atoms with Crippen molar-refractivity contribution in [1.29, 1.82) is 0 Å². The van der Waals surface area contributed by atoms with E-state index in [1.54, 1.807) is 12.1 Å². The van der Waals surface area contributed by atoms with E-state index < -0.39 is 28.3 Å². The summed E-state index contributed by atoms with van der Waals surface area (Å²) in [6.07, 6.45) is -1.58. The minimum absolute atomic E-state index is 0.00865. The molecule has 0 spiro atoms.